The second-order valence-corrected chi connectivity index (χ2v) is 8.12. The first-order valence-electron chi connectivity index (χ1n) is 7.31. The van der Waals surface area contributed by atoms with Gasteiger partial charge in [-0.25, -0.2) is 8.42 Å². The van der Waals surface area contributed by atoms with Crippen molar-refractivity contribution in [2.45, 2.75) is 19.8 Å². The molecule has 1 saturated heterocycles. The van der Waals surface area contributed by atoms with Crippen molar-refractivity contribution in [3.05, 3.63) is 23.8 Å². The summed E-state index contributed by atoms with van der Waals surface area (Å²) in [5, 5.41) is 18.1. The summed E-state index contributed by atoms with van der Waals surface area (Å²) in [6.45, 7) is 1.89. The van der Waals surface area contributed by atoms with E-state index in [9.17, 15) is 18.3 Å². The maximum atomic E-state index is 11.9. The summed E-state index contributed by atoms with van der Waals surface area (Å²) in [6.07, 6.45) is 0.548. The SMILES string of the molecule is Cc1cccc2c(N=NC(=O)C[C@H]3CCS(=O)(=O)C3)c(O)[nH]c12. The summed E-state index contributed by atoms with van der Waals surface area (Å²) in [5.41, 5.74) is 1.91. The van der Waals surface area contributed by atoms with Gasteiger partial charge in [-0.3, -0.25) is 4.79 Å². The highest BCUT2D eigenvalue weighted by Gasteiger charge is 2.29. The van der Waals surface area contributed by atoms with Crippen LogP contribution in [0.2, 0.25) is 0 Å². The Morgan fingerprint density at radius 2 is 2.22 bits per heavy atom. The lowest BCUT2D eigenvalue weighted by Gasteiger charge is -2.01. The van der Waals surface area contributed by atoms with Crippen LogP contribution in [-0.4, -0.2) is 35.9 Å². The van der Waals surface area contributed by atoms with E-state index in [-0.39, 0.29) is 35.4 Å². The molecular weight excluding hydrogens is 318 g/mol. The zero-order valence-electron chi connectivity index (χ0n) is 12.6. The minimum atomic E-state index is -3.01. The Bertz CT molecular complexity index is 899. The summed E-state index contributed by atoms with van der Waals surface area (Å²) in [4.78, 5) is 14.7. The van der Waals surface area contributed by atoms with Crippen molar-refractivity contribution in [2.24, 2.45) is 16.1 Å². The number of rotatable bonds is 3. The van der Waals surface area contributed by atoms with Gasteiger partial charge in [0.05, 0.1) is 17.0 Å². The molecule has 0 aliphatic carbocycles. The molecule has 0 radical (unpaired) electrons. The van der Waals surface area contributed by atoms with Crippen LogP contribution in [0.1, 0.15) is 18.4 Å². The van der Waals surface area contributed by atoms with E-state index in [1.807, 2.05) is 19.1 Å². The Balaban J connectivity index is 1.77. The number of hydrogen-bond donors (Lipinski definition) is 2. The second kappa shape index (κ2) is 5.77. The predicted octanol–water partition coefficient (Wildman–Crippen LogP) is 2.62. The van der Waals surface area contributed by atoms with E-state index in [4.69, 9.17) is 0 Å². The zero-order chi connectivity index (χ0) is 16.6. The van der Waals surface area contributed by atoms with E-state index in [1.165, 1.54) is 0 Å². The van der Waals surface area contributed by atoms with Crippen LogP contribution in [-0.2, 0) is 14.6 Å². The minimum absolute atomic E-state index is 0.0335. The maximum Gasteiger partial charge on any atom is 0.265 e. The third-order valence-corrected chi connectivity index (χ3v) is 5.88. The fourth-order valence-electron chi connectivity index (χ4n) is 2.86. The van der Waals surface area contributed by atoms with Crippen molar-refractivity contribution in [1.29, 1.82) is 0 Å². The second-order valence-electron chi connectivity index (χ2n) is 5.89. The van der Waals surface area contributed by atoms with Gasteiger partial charge in [0.1, 0.15) is 0 Å². The van der Waals surface area contributed by atoms with Crippen LogP contribution < -0.4 is 0 Å². The third-order valence-electron chi connectivity index (χ3n) is 4.05. The molecule has 2 aromatic rings. The Kier molecular flexibility index (Phi) is 3.93. The van der Waals surface area contributed by atoms with E-state index in [1.54, 1.807) is 6.07 Å². The quantitative estimate of drug-likeness (QED) is 0.839. The molecule has 3 rings (SSSR count). The zero-order valence-corrected chi connectivity index (χ0v) is 13.4. The van der Waals surface area contributed by atoms with Crippen LogP contribution in [0.5, 0.6) is 5.88 Å². The van der Waals surface area contributed by atoms with Crippen LogP contribution in [0.3, 0.4) is 0 Å². The number of sulfone groups is 1. The lowest BCUT2D eigenvalue weighted by atomic mass is 10.1. The smallest absolute Gasteiger partial charge is 0.265 e. The number of fused-ring (bicyclic) bond motifs is 1. The third kappa shape index (κ3) is 3.26. The number of nitrogens with one attached hydrogen (secondary N) is 1. The predicted molar refractivity (Wildman–Crippen MR) is 85.6 cm³/mol. The molecular formula is C15H17N3O4S. The van der Waals surface area contributed by atoms with E-state index in [0.29, 0.717) is 11.8 Å². The number of benzene rings is 1. The summed E-state index contributed by atoms with van der Waals surface area (Å²) in [6, 6.07) is 5.50. The number of para-hydroxylation sites is 1. The van der Waals surface area contributed by atoms with Crippen molar-refractivity contribution < 1.29 is 18.3 Å². The summed E-state index contributed by atoms with van der Waals surface area (Å²) < 4.78 is 22.8. The van der Waals surface area contributed by atoms with Gasteiger partial charge in [-0.2, -0.15) is 0 Å². The molecule has 1 aliphatic rings. The van der Waals surface area contributed by atoms with Gasteiger partial charge in [0.2, 0.25) is 5.88 Å². The van der Waals surface area contributed by atoms with Gasteiger partial charge in [0.25, 0.3) is 5.91 Å². The van der Waals surface area contributed by atoms with Gasteiger partial charge in [-0.15, -0.1) is 10.2 Å². The number of aromatic amines is 1. The Morgan fingerprint density at radius 1 is 1.43 bits per heavy atom. The molecule has 1 aromatic heterocycles. The van der Waals surface area contributed by atoms with Gasteiger partial charge in [-0.1, -0.05) is 18.2 Å². The average molecular weight is 335 g/mol. The van der Waals surface area contributed by atoms with Crippen LogP contribution in [0.25, 0.3) is 10.9 Å². The molecule has 1 amide bonds. The van der Waals surface area contributed by atoms with Gasteiger partial charge in [0, 0.05) is 11.8 Å². The van der Waals surface area contributed by atoms with Crippen LogP contribution in [0, 0.1) is 12.8 Å². The molecule has 1 atom stereocenters. The van der Waals surface area contributed by atoms with Gasteiger partial charge < -0.3 is 10.1 Å². The fraction of sp³-hybridized carbons (Fsp3) is 0.400. The van der Waals surface area contributed by atoms with Crippen molar-refractivity contribution in [3.8, 4) is 5.88 Å². The first-order chi connectivity index (χ1) is 10.9. The number of carbonyl (C=O) groups excluding carboxylic acids is 1. The minimum Gasteiger partial charge on any atom is -0.493 e. The molecule has 1 fully saturated rings. The number of aryl methyl sites for hydroxylation is 1. The Labute approximate surface area is 133 Å². The van der Waals surface area contributed by atoms with Crippen molar-refractivity contribution in [1.82, 2.24) is 4.98 Å². The summed E-state index contributed by atoms with van der Waals surface area (Å²) in [7, 11) is -3.01. The van der Waals surface area contributed by atoms with Crippen LogP contribution >= 0.6 is 0 Å². The largest absolute Gasteiger partial charge is 0.493 e. The lowest BCUT2D eigenvalue weighted by Crippen LogP contribution is -2.08. The molecule has 0 spiro atoms. The summed E-state index contributed by atoms with van der Waals surface area (Å²) in [5.74, 6) is -0.649. The maximum absolute atomic E-state index is 11.9. The van der Waals surface area contributed by atoms with Crippen molar-refractivity contribution >= 4 is 32.3 Å². The number of aromatic nitrogens is 1. The fourth-order valence-corrected chi connectivity index (χ4v) is 4.73. The van der Waals surface area contributed by atoms with E-state index in [0.717, 1.165) is 11.1 Å². The first-order valence-corrected chi connectivity index (χ1v) is 9.13. The van der Waals surface area contributed by atoms with E-state index < -0.39 is 15.7 Å². The standard InChI is InChI=1S/C15H17N3O4S/c1-9-3-2-4-11-13(9)16-15(20)14(11)18-17-12(19)7-10-5-6-23(21,22)8-10/h2-4,10,16,20H,5-8H2,1H3/t10-/m1/s1. The first kappa shape index (κ1) is 15.7. The number of amides is 1. The molecule has 7 nitrogen and oxygen atoms in total. The lowest BCUT2D eigenvalue weighted by molar-refractivity contribution is -0.119. The monoisotopic (exact) mass is 335 g/mol. The molecule has 23 heavy (non-hydrogen) atoms. The normalized spacial score (nSPS) is 20.5. The molecule has 1 aliphatic heterocycles. The molecule has 122 valence electrons. The topological polar surface area (TPSA) is 112 Å². The van der Waals surface area contributed by atoms with E-state index >= 15 is 0 Å². The number of azo groups is 1. The van der Waals surface area contributed by atoms with Crippen molar-refractivity contribution in [2.75, 3.05) is 11.5 Å². The van der Waals surface area contributed by atoms with Gasteiger partial charge >= 0.3 is 0 Å². The van der Waals surface area contributed by atoms with Crippen LogP contribution in [0.4, 0.5) is 5.69 Å². The molecule has 2 heterocycles. The molecule has 8 heteroatoms. The number of aromatic hydroxyl groups is 1. The van der Waals surface area contributed by atoms with Crippen molar-refractivity contribution in [3.63, 3.8) is 0 Å². The van der Waals surface area contributed by atoms with Gasteiger partial charge in [0.15, 0.2) is 15.5 Å². The molecule has 2 N–H and O–H groups in total. The highest BCUT2D eigenvalue weighted by atomic mass is 32.2. The average Bonchev–Trinajstić information content (AvgIpc) is 2.97. The Morgan fingerprint density at radius 3 is 2.91 bits per heavy atom. The molecule has 1 aromatic carbocycles. The summed E-state index contributed by atoms with van der Waals surface area (Å²) >= 11 is 0. The number of nitrogens with zero attached hydrogens (tertiary/aromatic N) is 2. The van der Waals surface area contributed by atoms with E-state index in [2.05, 4.69) is 15.2 Å². The Hall–Kier alpha value is -2.22. The molecule has 0 unspecified atom stereocenters. The number of H-pyrrole nitrogens is 1. The van der Waals surface area contributed by atoms with Gasteiger partial charge in [-0.05, 0) is 24.8 Å². The highest BCUT2D eigenvalue weighted by molar-refractivity contribution is 7.91. The molecule has 0 saturated carbocycles. The van der Waals surface area contributed by atoms with Crippen LogP contribution in [0.15, 0.2) is 28.4 Å². The number of hydrogen-bond acceptors (Lipinski definition) is 5. The molecule has 0 bridgehead atoms. The number of carbonyl (C=O) groups is 1. The highest BCUT2D eigenvalue weighted by Crippen LogP contribution is 2.36.